The van der Waals surface area contributed by atoms with E-state index in [4.69, 9.17) is 11.6 Å². The van der Waals surface area contributed by atoms with E-state index in [1.807, 2.05) is 58.3 Å². The maximum Gasteiger partial charge on any atom is 0.256 e. The second-order valence-electron chi connectivity index (χ2n) is 8.97. The molecule has 32 heavy (non-hydrogen) atoms. The lowest BCUT2D eigenvalue weighted by molar-refractivity contribution is -0.137. The van der Waals surface area contributed by atoms with E-state index in [9.17, 15) is 9.59 Å². The predicted molar refractivity (Wildman–Crippen MR) is 123 cm³/mol. The van der Waals surface area contributed by atoms with Crippen molar-refractivity contribution < 1.29 is 9.59 Å². The van der Waals surface area contributed by atoms with Gasteiger partial charge in [-0.3, -0.25) is 9.59 Å². The number of amides is 2. The maximum absolute atomic E-state index is 13.8. The van der Waals surface area contributed by atoms with Crippen LogP contribution in [-0.4, -0.2) is 34.7 Å². The number of fused-ring (bicyclic) bond motifs is 4. The average Bonchev–Trinajstić information content (AvgIpc) is 3.46. The Bertz CT molecular complexity index is 1210. The average molecular weight is 443 g/mol. The van der Waals surface area contributed by atoms with Crippen LogP contribution in [0, 0.1) is 5.92 Å². The van der Waals surface area contributed by atoms with Crippen LogP contribution >= 0.6 is 11.6 Å². The molecular formula is C27H23ClN2O2. The molecule has 0 N–H and O–H groups in total. The van der Waals surface area contributed by atoms with Crippen molar-refractivity contribution in [3.8, 4) is 0 Å². The molecular weight excluding hydrogens is 420 g/mol. The summed E-state index contributed by atoms with van der Waals surface area (Å²) in [7, 11) is 0. The Kier molecular flexibility index (Phi) is 4.41. The van der Waals surface area contributed by atoms with Crippen molar-refractivity contribution in [3.05, 3.63) is 106 Å². The molecule has 0 saturated carbocycles. The van der Waals surface area contributed by atoms with Crippen LogP contribution < -0.4 is 0 Å². The summed E-state index contributed by atoms with van der Waals surface area (Å²) < 4.78 is 0. The molecule has 6 rings (SSSR count). The summed E-state index contributed by atoms with van der Waals surface area (Å²) >= 11 is 6.18. The molecule has 1 saturated heterocycles. The fraction of sp³-hybridized carbons (Fsp3) is 0.259. The van der Waals surface area contributed by atoms with E-state index in [-0.39, 0.29) is 11.8 Å². The molecule has 5 heteroatoms. The summed E-state index contributed by atoms with van der Waals surface area (Å²) in [6.45, 7) is 1.05. The van der Waals surface area contributed by atoms with Gasteiger partial charge < -0.3 is 9.80 Å². The van der Waals surface area contributed by atoms with Gasteiger partial charge in [0.05, 0.1) is 0 Å². The van der Waals surface area contributed by atoms with Crippen molar-refractivity contribution in [3.63, 3.8) is 0 Å². The molecule has 3 aromatic carbocycles. The van der Waals surface area contributed by atoms with E-state index in [0.717, 1.165) is 24.0 Å². The lowest BCUT2D eigenvalue weighted by Crippen LogP contribution is -2.51. The minimum absolute atomic E-state index is 0.0147. The van der Waals surface area contributed by atoms with Crippen molar-refractivity contribution in [2.45, 2.75) is 24.9 Å². The highest BCUT2D eigenvalue weighted by Gasteiger charge is 2.59. The zero-order chi connectivity index (χ0) is 21.9. The highest BCUT2D eigenvalue weighted by molar-refractivity contribution is 6.30. The fourth-order valence-electron chi connectivity index (χ4n) is 5.93. The first kappa shape index (κ1) is 19.6. The van der Waals surface area contributed by atoms with Gasteiger partial charge in [-0.25, -0.2) is 0 Å². The summed E-state index contributed by atoms with van der Waals surface area (Å²) in [5, 5.41) is 0.633. The highest BCUT2D eigenvalue weighted by Crippen LogP contribution is 2.50. The monoisotopic (exact) mass is 442 g/mol. The van der Waals surface area contributed by atoms with E-state index >= 15 is 0 Å². The predicted octanol–water partition coefficient (Wildman–Crippen LogP) is 4.64. The second-order valence-corrected chi connectivity index (χ2v) is 9.41. The Balaban J connectivity index is 1.40. The smallest absolute Gasteiger partial charge is 0.256 e. The van der Waals surface area contributed by atoms with E-state index in [0.29, 0.717) is 36.0 Å². The minimum Gasteiger partial charge on any atom is -0.310 e. The van der Waals surface area contributed by atoms with Crippen LogP contribution in [0.25, 0.3) is 0 Å². The molecule has 1 fully saturated rings. The van der Waals surface area contributed by atoms with Gasteiger partial charge in [0, 0.05) is 41.2 Å². The van der Waals surface area contributed by atoms with Crippen molar-refractivity contribution in [1.29, 1.82) is 0 Å². The highest BCUT2D eigenvalue weighted by atomic mass is 35.5. The van der Waals surface area contributed by atoms with Crippen LogP contribution in [0.1, 0.15) is 39.0 Å². The van der Waals surface area contributed by atoms with Crippen molar-refractivity contribution >= 4 is 23.4 Å². The number of rotatable bonds is 3. The quantitative estimate of drug-likeness (QED) is 0.592. The SMILES string of the molecule is O=C(CC1Cc2ccccc2C1)N1CCN2C(=O)c3ccccc3C12c1ccc(Cl)cc1. The zero-order valence-electron chi connectivity index (χ0n) is 17.6. The van der Waals surface area contributed by atoms with Crippen LogP contribution in [0.2, 0.25) is 5.02 Å². The Morgan fingerprint density at radius 3 is 2.28 bits per heavy atom. The molecule has 1 aliphatic carbocycles. The van der Waals surface area contributed by atoms with E-state index < -0.39 is 5.66 Å². The molecule has 2 amide bonds. The third-order valence-electron chi connectivity index (χ3n) is 7.25. The topological polar surface area (TPSA) is 40.6 Å². The lowest BCUT2D eigenvalue weighted by Gasteiger charge is -2.41. The van der Waals surface area contributed by atoms with E-state index in [2.05, 4.69) is 24.3 Å². The van der Waals surface area contributed by atoms with Crippen molar-refractivity contribution in [2.24, 2.45) is 5.92 Å². The van der Waals surface area contributed by atoms with Crippen LogP contribution in [0.3, 0.4) is 0 Å². The largest absolute Gasteiger partial charge is 0.310 e. The van der Waals surface area contributed by atoms with Crippen LogP contribution in [0.15, 0.2) is 72.8 Å². The van der Waals surface area contributed by atoms with Gasteiger partial charge in [-0.05, 0) is 48.1 Å². The molecule has 3 aliphatic rings. The molecule has 1 atom stereocenters. The Morgan fingerprint density at radius 1 is 0.906 bits per heavy atom. The van der Waals surface area contributed by atoms with Gasteiger partial charge in [-0.2, -0.15) is 0 Å². The lowest BCUT2D eigenvalue weighted by atomic mass is 9.89. The summed E-state index contributed by atoms with van der Waals surface area (Å²) in [6, 6.07) is 23.7. The van der Waals surface area contributed by atoms with Gasteiger partial charge in [-0.1, -0.05) is 66.2 Å². The molecule has 0 spiro atoms. The number of carbonyl (C=O) groups excluding carboxylic acids is 2. The van der Waals surface area contributed by atoms with E-state index in [1.165, 1.54) is 11.1 Å². The Hall–Kier alpha value is -3.11. The second kappa shape index (κ2) is 7.21. The fourth-order valence-corrected chi connectivity index (χ4v) is 6.06. The van der Waals surface area contributed by atoms with Gasteiger partial charge in [0.2, 0.25) is 5.91 Å². The zero-order valence-corrected chi connectivity index (χ0v) is 18.4. The molecule has 160 valence electrons. The van der Waals surface area contributed by atoms with Gasteiger partial charge in [0.25, 0.3) is 5.91 Å². The maximum atomic E-state index is 13.8. The summed E-state index contributed by atoms with van der Waals surface area (Å²) in [5.74, 6) is 0.382. The minimum atomic E-state index is -0.902. The molecule has 2 heterocycles. The third kappa shape index (κ3) is 2.69. The van der Waals surface area contributed by atoms with Crippen LogP contribution in [-0.2, 0) is 23.3 Å². The normalized spacial score (nSPS) is 21.6. The van der Waals surface area contributed by atoms with E-state index in [1.54, 1.807) is 0 Å². The van der Waals surface area contributed by atoms with Crippen LogP contribution in [0.5, 0.6) is 0 Å². The molecule has 2 aliphatic heterocycles. The van der Waals surface area contributed by atoms with Crippen molar-refractivity contribution in [2.75, 3.05) is 13.1 Å². The summed E-state index contributed by atoms with van der Waals surface area (Å²) in [6.07, 6.45) is 2.35. The van der Waals surface area contributed by atoms with Gasteiger partial charge >= 0.3 is 0 Å². The molecule has 0 aromatic heterocycles. The number of nitrogens with zero attached hydrogens (tertiary/aromatic N) is 2. The molecule has 0 bridgehead atoms. The summed E-state index contributed by atoms with van der Waals surface area (Å²) in [5.41, 5.74) is 4.26. The third-order valence-corrected chi connectivity index (χ3v) is 7.51. The number of carbonyl (C=O) groups is 2. The first-order chi connectivity index (χ1) is 15.6. The number of benzene rings is 3. The first-order valence-corrected chi connectivity index (χ1v) is 11.5. The van der Waals surface area contributed by atoms with Crippen LogP contribution in [0.4, 0.5) is 0 Å². The molecule has 1 unspecified atom stereocenters. The standard InChI is InChI=1S/C27H23ClN2O2/c28-22-11-9-21(10-12-22)27-24-8-4-3-7-23(24)26(32)30(27)14-13-29(27)25(31)17-18-15-19-5-1-2-6-20(19)16-18/h1-12,18H,13-17H2. The molecule has 3 aromatic rings. The molecule has 4 nitrogen and oxygen atoms in total. The number of hydrogen-bond acceptors (Lipinski definition) is 2. The number of halogens is 1. The van der Waals surface area contributed by atoms with Gasteiger partial charge in [0.1, 0.15) is 0 Å². The van der Waals surface area contributed by atoms with Crippen molar-refractivity contribution in [1.82, 2.24) is 9.80 Å². The Labute approximate surface area is 192 Å². The molecule has 0 radical (unpaired) electrons. The first-order valence-electron chi connectivity index (χ1n) is 11.1. The number of hydrogen-bond donors (Lipinski definition) is 0. The Morgan fingerprint density at radius 2 is 1.56 bits per heavy atom. The summed E-state index contributed by atoms with van der Waals surface area (Å²) in [4.78, 5) is 31.0. The van der Waals surface area contributed by atoms with Gasteiger partial charge in [-0.15, -0.1) is 0 Å². The van der Waals surface area contributed by atoms with Gasteiger partial charge in [0.15, 0.2) is 5.66 Å².